The van der Waals surface area contributed by atoms with E-state index in [2.05, 4.69) is 40.7 Å². The van der Waals surface area contributed by atoms with Gasteiger partial charge in [-0.25, -0.2) is 0 Å². The molecular formula is C35H63NO5S. The summed E-state index contributed by atoms with van der Waals surface area (Å²) in [6.45, 7) is 13.1. The molecule has 0 saturated heterocycles. The highest BCUT2D eigenvalue weighted by Crippen LogP contribution is 2.67. The van der Waals surface area contributed by atoms with Gasteiger partial charge in [-0.1, -0.05) is 65.5 Å². The molecule has 0 aromatic rings. The minimum atomic E-state index is -4.21. The zero-order valence-electron chi connectivity index (χ0n) is 27.9. The molecule has 4 aliphatic rings. The molecule has 3 saturated carbocycles. The normalized spacial score (nSPS) is 37.1. The summed E-state index contributed by atoms with van der Waals surface area (Å²) in [4.78, 5) is 1.83. The van der Waals surface area contributed by atoms with Gasteiger partial charge >= 0.3 is 0 Å². The molecule has 7 heteroatoms. The number of hydrogen-bond donors (Lipinski definition) is 2. The van der Waals surface area contributed by atoms with Crippen molar-refractivity contribution in [2.24, 2.45) is 46.3 Å². The van der Waals surface area contributed by atoms with E-state index in [-0.39, 0.29) is 12.1 Å². The van der Waals surface area contributed by atoms with Gasteiger partial charge in [0.25, 0.3) is 10.1 Å². The van der Waals surface area contributed by atoms with Crippen LogP contribution < -0.4 is 0 Å². The summed E-state index contributed by atoms with van der Waals surface area (Å²) in [6.07, 6.45) is 17.6. The summed E-state index contributed by atoms with van der Waals surface area (Å²) in [5, 5.41) is 10.4. The van der Waals surface area contributed by atoms with E-state index >= 15 is 0 Å². The second-order valence-corrected chi connectivity index (χ2v) is 17.5. The van der Waals surface area contributed by atoms with Crippen LogP contribution in [0.2, 0.25) is 0 Å². The molecule has 6 nitrogen and oxygen atoms in total. The minimum Gasteiger partial charge on any atom is -0.390 e. The molecule has 0 radical (unpaired) electrons. The van der Waals surface area contributed by atoms with E-state index in [9.17, 15) is 13.5 Å². The SMILES string of the molecule is CC(C)CCC[C@@H](C)[C@H]1CC[C@H]2[C@@H]3CC=C4C[C@@H](OCCCC(C(O)CS(=O)(=O)O)N(C)C)CC[C@]4(C)[C@H]3CC[C@]12C. The predicted molar refractivity (Wildman–Crippen MR) is 172 cm³/mol. The molecule has 4 aliphatic carbocycles. The average Bonchev–Trinajstić information content (AvgIpc) is 3.24. The molecule has 2 unspecified atom stereocenters. The van der Waals surface area contributed by atoms with E-state index in [1.54, 1.807) is 5.57 Å². The number of rotatable bonds is 14. The maximum absolute atomic E-state index is 11.2. The van der Waals surface area contributed by atoms with Gasteiger partial charge in [-0.05, 0) is 125 Å². The van der Waals surface area contributed by atoms with Crippen LogP contribution in [-0.2, 0) is 14.9 Å². The zero-order valence-corrected chi connectivity index (χ0v) is 28.7. The third kappa shape index (κ3) is 7.66. The van der Waals surface area contributed by atoms with Gasteiger partial charge < -0.3 is 14.7 Å². The van der Waals surface area contributed by atoms with Crippen LogP contribution in [0, 0.1) is 46.3 Å². The number of nitrogens with zero attached hydrogens (tertiary/aromatic N) is 1. The fraction of sp³-hybridized carbons (Fsp3) is 0.943. The number of aliphatic hydroxyl groups excluding tert-OH is 1. The lowest BCUT2D eigenvalue weighted by Crippen LogP contribution is -2.51. The van der Waals surface area contributed by atoms with Crippen LogP contribution in [0.25, 0.3) is 0 Å². The topological polar surface area (TPSA) is 87.1 Å². The monoisotopic (exact) mass is 609 g/mol. The molecule has 244 valence electrons. The van der Waals surface area contributed by atoms with Crippen LogP contribution in [0.4, 0.5) is 0 Å². The Morgan fingerprint density at radius 3 is 2.40 bits per heavy atom. The quantitative estimate of drug-likeness (QED) is 0.121. The third-order valence-electron chi connectivity index (χ3n) is 12.7. The standard InChI is InChI=1S/C35H63NO5S/c1-24(2)10-8-11-25(3)29-15-16-30-28-14-13-26-22-27(17-19-34(26,4)31(28)18-20-35(29,30)5)41-21-9-12-32(36(6)7)33(37)23-42(38,39)40/h13,24-25,27-33,37H,8-12,14-23H2,1-7H3,(H,38,39,40)/t25-,27+,28+,29-,30+,31+,32?,33?,34+,35-/m1/s1. The number of ether oxygens (including phenoxy) is 1. The van der Waals surface area contributed by atoms with Crippen molar-refractivity contribution in [1.82, 2.24) is 4.90 Å². The summed E-state index contributed by atoms with van der Waals surface area (Å²) >= 11 is 0. The maximum Gasteiger partial charge on any atom is 0.267 e. The van der Waals surface area contributed by atoms with Gasteiger partial charge in [-0.15, -0.1) is 0 Å². The van der Waals surface area contributed by atoms with Gasteiger partial charge in [0.1, 0.15) is 5.75 Å². The molecule has 3 fully saturated rings. The predicted octanol–water partition coefficient (Wildman–Crippen LogP) is 7.37. The fourth-order valence-electron chi connectivity index (χ4n) is 10.5. The van der Waals surface area contributed by atoms with Gasteiger partial charge in [-0.3, -0.25) is 4.55 Å². The first kappa shape index (κ1) is 34.4. The highest BCUT2D eigenvalue weighted by Gasteiger charge is 2.59. The van der Waals surface area contributed by atoms with Crippen molar-refractivity contribution in [1.29, 1.82) is 0 Å². The first-order valence-corrected chi connectivity index (χ1v) is 18.9. The van der Waals surface area contributed by atoms with Crippen molar-refractivity contribution in [2.75, 3.05) is 26.5 Å². The number of hydrogen-bond acceptors (Lipinski definition) is 5. The Balaban J connectivity index is 1.31. The smallest absolute Gasteiger partial charge is 0.267 e. The summed E-state index contributed by atoms with van der Waals surface area (Å²) < 4.78 is 38.0. The van der Waals surface area contributed by atoms with E-state index in [0.717, 1.165) is 54.8 Å². The Morgan fingerprint density at radius 2 is 1.74 bits per heavy atom. The molecule has 42 heavy (non-hydrogen) atoms. The highest BCUT2D eigenvalue weighted by atomic mass is 32.2. The molecule has 0 heterocycles. The molecule has 2 N–H and O–H groups in total. The van der Waals surface area contributed by atoms with Crippen molar-refractivity contribution < 1.29 is 22.8 Å². The molecular weight excluding hydrogens is 546 g/mol. The van der Waals surface area contributed by atoms with Crippen molar-refractivity contribution >= 4 is 10.1 Å². The number of allylic oxidation sites excluding steroid dienone is 1. The number of fused-ring (bicyclic) bond motifs is 5. The average molecular weight is 610 g/mol. The molecule has 4 rings (SSSR count). The molecule has 0 bridgehead atoms. The molecule has 0 aromatic heterocycles. The van der Waals surface area contributed by atoms with Crippen LogP contribution in [0.15, 0.2) is 11.6 Å². The summed E-state index contributed by atoms with van der Waals surface area (Å²) in [5.41, 5.74) is 2.50. The second-order valence-electron chi connectivity index (χ2n) is 16.0. The molecule has 10 atom stereocenters. The summed E-state index contributed by atoms with van der Waals surface area (Å²) in [5.74, 6) is 4.49. The first-order chi connectivity index (χ1) is 19.7. The summed E-state index contributed by atoms with van der Waals surface area (Å²) in [6, 6.07) is -0.335. The minimum absolute atomic E-state index is 0.248. The third-order valence-corrected chi connectivity index (χ3v) is 13.5. The Labute approximate surface area is 258 Å². The van der Waals surface area contributed by atoms with Crippen molar-refractivity contribution in [3.8, 4) is 0 Å². The van der Waals surface area contributed by atoms with E-state index in [4.69, 9.17) is 9.29 Å². The van der Waals surface area contributed by atoms with Crippen LogP contribution >= 0.6 is 0 Å². The van der Waals surface area contributed by atoms with E-state index in [1.165, 1.54) is 57.8 Å². The zero-order chi connectivity index (χ0) is 30.9. The lowest BCUT2D eigenvalue weighted by Gasteiger charge is -2.58. The van der Waals surface area contributed by atoms with Crippen LogP contribution in [-0.4, -0.2) is 67.7 Å². The highest BCUT2D eigenvalue weighted by molar-refractivity contribution is 7.85. The lowest BCUT2D eigenvalue weighted by atomic mass is 9.47. The van der Waals surface area contributed by atoms with Crippen LogP contribution in [0.1, 0.15) is 118 Å². The van der Waals surface area contributed by atoms with E-state index in [1.807, 2.05) is 19.0 Å². The molecule has 0 spiro atoms. The fourth-order valence-corrected chi connectivity index (χ4v) is 11.1. The van der Waals surface area contributed by atoms with Crippen molar-refractivity contribution in [3.05, 3.63) is 11.6 Å². The largest absolute Gasteiger partial charge is 0.390 e. The Morgan fingerprint density at radius 1 is 1.00 bits per heavy atom. The van der Waals surface area contributed by atoms with Gasteiger partial charge in [-0.2, -0.15) is 8.42 Å². The lowest BCUT2D eigenvalue weighted by molar-refractivity contribution is -0.0644. The van der Waals surface area contributed by atoms with E-state index in [0.29, 0.717) is 23.9 Å². The molecule has 0 aliphatic heterocycles. The van der Waals surface area contributed by atoms with Crippen molar-refractivity contribution in [3.63, 3.8) is 0 Å². The number of aliphatic hydroxyl groups is 1. The Bertz CT molecular complexity index is 1030. The van der Waals surface area contributed by atoms with Gasteiger partial charge in [0.05, 0.1) is 12.2 Å². The Kier molecular flexibility index (Phi) is 11.4. The van der Waals surface area contributed by atoms with Crippen LogP contribution in [0.5, 0.6) is 0 Å². The molecule has 0 amide bonds. The van der Waals surface area contributed by atoms with Gasteiger partial charge in [0.2, 0.25) is 0 Å². The van der Waals surface area contributed by atoms with E-state index < -0.39 is 22.0 Å². The second kappa shape index (κ2) is 13.9. The van der Waals surface area contributed by atoms with Gasteiger partial charge in [0.15, 0.2) is 0 Å². The van der Waals surface area contributed by atoms with Crippen molar-refractivity contribution in [2.45, 2.75) is 136 Å². The first-order valence-electron chi connectivity index (χ1n) is 17.3. The Hall–Kier alpha value is -0.470. The summed E-state index contributed by atoms with van der Waals surface area (Å²) in [7, 11) is -0.549. The maximum atomic E-state index is 11.2. The van der Waals surface area contributed by atoms with Gasteiger partial charge in [0, 0.05) is 12.6 Å². The molecule has 0 aromatic carbocycles. The van der Waals surface area contributed by atoms with Crippen LogP contribution in [0.3, 0.4) is 0 Å². The number of likely N-dealkylation sites (N-methyl/N-ethyl adjacent to an activating group) is 1.